The van der Waals surface area contributed by atoms with Crippen LogP contribution in [0.15, 0.2) is 30.3 Å². The highest BCUT2D eigenvalue weighted by atomic mass is 16.5. The first kappa shape index (κ1) is 16.3. The lowest BCUT2D eigenvalue weighted by Gasteiger charge is -2.36. The van der Waals surface area contributed by atoms with Crippen molar-refractivity contribution in [3.8, 4) is 0 Å². The molecule has 0 saturated heterocycles. The number of hydrogen-bond acceptors (Lipinski definition) is 4. The summed E-state index contributed by atoms with van der Waals surface area (Å²) in [6.07, 6.45) is 1.84. The maximum atomic E-state index is 11.7. The fourth-order valence-electron chi connectivity index (χ4n) is 2.35. The van der Waals surface area contributed by atoms with Crippen LogP contribution >= 0.6 is 0 Å². The Bertz CT molecular complexity index is 487. The van der Waals surface area contributed by atoms with Crippen LogP contribution < -0.4 is 16.0 Å². The molecular weight excluding hydrogens is 282 g/mol. The highest BCUT2D eigenvalue weighted by molar-refractivity contribution is 5.75. The van der Waals surface area contributed by atoms with Crippen LogP contribution in [0.5, 0.6) is 0 Å². The van der Waals surface area contributed by atoms with E-state index in [1.54, 1.807) is 7.05 Å². The normalized spacial score (nSPS) is 19.9. The minimum absolute atomic E-state index is 0.0333. The molecule has 1 saturated carbocycles. The summed E-state index contributed by atoms with van der Waals surface area (Å²) in [4.78, 5) is 22.7. The minimum Gasteiger partial charge on any atom is -0.445 e. The molecule has 0 radical (unpaired) electrons. The van der Waals surface area contributed by atoms with Crippen molar-refractivity contribution in [2.45, 2.75) is 38.0 Å². The Labute approximate surface area is 130 Å². The van der Waals surface area contributed by atoms with E-state index >= 15 is 0 Å². The average molecular weight is 305 g/mol. The zero-order chi connectivity index (χ0) is 15.8. The number of hydrogen-bond donors (Lipinski definition) is 3. The molecule has 1 aliphatic carbocycles. The molecule has 0 atom stereocenters. The van der Waals surface area contributed by atoms with Gasteiger partial charge in [0.15, 0.2) is 0 Å². The number of nitrogens with one attached hydrogen (secondary N) is 3. The molecule has 1 aromatic rings. The predicted octanol–water partition coefficient (Wildman–Crippen LogP) is 1.17. The number of rotatable bonds is 7. The molecule has 0 aromatic heterocycles. The molecule has 0 bridgehead atoms. The number of amides is 2. The Morgan fingerprint density at radius 3 is 2.59 bits per heavy atom. The fraction of sp³-hybridized carbons (Fsp3) is 0.500. The van der Waals surface area contributed by atoms with Crippen molar-refractivity contribution in [3.05, 3.63) is 35.9 Å². The molecule has 3 N–H and O–H groups in total. The molecule has 120 valence electrons. The van der Waals surface area contributed by atoms with Gasteiger partial charge in [-0.1, -0.05) is 30.3 Å². The largest absolute Gasteiger partial charge is 0.445 e. The molecule has 2 rings (SSSR count). The third-order valence-corrected chi connectivity index (χ3v) is 3.74. The van der Waals surface area contributed by atoms with Gasteiger partial charge in [-0.25, -0.2) is 4.79 Å². The van der Waals surface area contributed by atoms with Crippen LogP contribution in [-0.4, -0.2) is 37.7 Å². The first-order valence-corrected chi connectivity index (χ1v) is 7.58. The van der Waals surface area contributed by atoms with Crippen molar-refractivity contribution < 1.29 is 14.3 Å². The summed E-state index contributed by atoms with van der Waals surface area (Å²) in [7, 11) is 1.63. The van der Waals surface area contributed by atoms with Gasteiger partial charge in [0.25, 0.3) is 0 Å². The van der Waals surface area contributed by atoms with E-state index in [9.17, 15) is 9.59 Å². The van der Waals surface area contributed by atoms with Crippen molar-refractivity contribution in [1.29, 1.82) is 0 Å². The summed E-state index contributed by atoms with van der Waals surface area (Å²) in [5.41, 5.74) is 0.972. The number of carbonyl (C=O) groups is 2. The molecule has 0 aliphatic heterocycles. The molecule has 6 nitrogen and oxygen atoms in total. The molecule has 1 aliphatic rings. The summed E-state index contributed by atoms with van der Waals surface area (Å²) in [6.45, 7) is 0.947. The predicted molar refractivity (Wildman–Crippen MR) is 83.3 cm³/mol. The average Bonchev–Trinajstić information content (AvgIpc) is 2.51. The monoisotopic (exact) mass is 305 g/mol. The second-order valence-corrected chi connectivity index (χ2v) is 5.45. The fourth-order valence-corrected chi connectivity index (χ4v) is 2.35. The topological polar surface area (TPSA) is 79.5 Å². The summed E-state index contributed by atoms with van der Waals surface area (Å²) in [6, 6.07) is 10.1. The smallest absolute Gasteiger partial charge is 0.407 e. The maximum Gasteiger partial charge on any atom is 0.407 e. The second-order valence-electron chi connectivity index (χ2n) is 5.45. The van der Waals surface area contributed by atoms with Crippen molar-refractivity contribution in [2.75, 3.05) is 13.6 Å². The Hall–Kier alpha value is -2.08. The maximum absolute atomic E-state index is 11.7. The van der Waals surface area contributed by atoms with Gasteiger partial charge in [-0.15, -0.1) is 0 Å². The first-order chi connectivity index (χ1) is 10.7. The van der Waals surface area contributed by atoms with Crippen LogP contribution in [0.3, 0.4) is 0 Å². The van der Waals surface area contributed by atoms with E-state index in [0.29, 0.717) is 19.0 Å². The lowest BCUT2D eigenvalue weighted by Crippen LogP contribution is -2.52. The van der Waals surface area contributed by atoms with E-state index in [1.807, 2.05) is 30.3 Å². The Morgan fingerprint density at radius 2 is 1.91 bits per heavy atom. The number of benzene rings is 1. The molecule has 0 unspecified atom stereocenters. The number of carbonyl (C=O) groups excluding carboxylic acids is 2. The van der Waals surface area contributed by atoms with Gasteiger partial charge in [0.1, 0.15) is 6.61 Å². The molecule has 6 heteroatoms. The van der Waals surface area contributed by atoms with Crippen molar-refractivity contribution >= 4 is 12.0 Å². The molecule has 2 amide bonds. The van der Waals surface area contributed by atoms with Crippen LogP contribution in [0.1, 0.15) is 24.8 Å². The molecular formula is C16H23N3O3. The van der Waals surface area contributed by atoms with Gasteiger partial charge in [0.05, 0.1) is 0 Å². The molecule has 22 heavy (non-hydrogen) atoms. The van der Waals surface area contributed by atoms with Crippen LogP contribution in [0, 0.1) is 0 Å². The third kappa shape index (κ3) is 5.37. The van der Waals surface area contributed by atoms with E-state index in [1.165, 1.54) is 0 Å². The molecule has 1 aromatic carbocycles. The van der Waals surface area contributed by atoms with Crippen LogP contribution in [0.25, 0.3) is 0 Å². The van der Waals surface area contributed by atoms with E-state index in [2.05, 4.69) is 16.0 Å². The van der Waals surface area contributed by atoms with E-state index < -0.39 is 0 Å². The van der Waals surface area contributed by atoms with Gasteiger partial charge in [-0.2, -0.15) is 0 Å². The summed E-state index contributed by atoms with van der Waals surface area (Å²) >= 11 is 0. The van der Waals surface area contributed by atoms with Gasteiger partial charge in [0, 0.05) is 32.1 Å². The van der Waals surface area contributed by atoms with E-state index in [-0.39, 0.29) is 24.6 Å². The van der Waals surface area contributed by atoms with Gasteiger partial charge in [-0.3, -0.25) is 4.79 Å². The summed E-state index contributed by atoms with van der Waals surface area (Å²) in [5, 5.41) is 8.72. The Balaban J connectivity index is 1.53. The van der Waals surface area contributed by atoms with Crippen molar-refractivity contribution in [3.63, 3.8) is 0 Å². The zero-order valence-electron chi connectivity index (χ0n) is 12.8. The summed E-state index contributed by atoms with van der Waals surface area (Å²) < 4.78 is 5.17. The SMILES string of the molecule is CNC(=O)CCNC1CC(NC(=O)OCc2ccccc2)C1. The molecule has 1 fully saturated rings. The number of alkyl carbamates (subject to hydrolysis) is 1. The Kier molecular flexibility index (Phi) is 6.21. The lowest BCUT2D eigenvalue weighted by atomic mass is 9.87. The standard InChI is InChI=1S/C16H23N3O3/c1-17-15(20)7-8-18-13-9-14(10-13)19-16(21)22-11-12-5-3-2-4-6-12/h2-6,13-14,18H,7-11H2,1H3,(H,17,20)(H,19,21). The quantitative estimate of drug-likeness (QED) is 0.706. The van der Waals surface area contributed by atoms with Crippen molar-refractivity contribution in [2.24, 2.45) is 0 Å². The highest BCUT2D eigenvalue weighted by Gasteiger charge is 2.30. The van der Waals surface area contributed by atoms with E-state index in [0.717, 1.165) is 18.4 Å². The van der Waals surface area contributed by atoms with Gasteiger partial charge in [-0.05, 0) is 18.4 Å². The second kappa shape index (κ2) is 8.38. The van der Waals surface area contributed by atoms with Crippen LogP contribution in [0.2, 0.25) is 0 Å². The number of ether oxygens (including phenoxy) is 1. The zero-order valence-corrected chi connectivity index (χ0v) is 12.8. The van der Waals surface area contributed by atoms with Crippen LogP contribution in [-0.2, 0) is 16.1 Å². The molecule has 0 heterocycles. The summed E-state index contributed by atoms with van der Waals surface area (Å²) in [5.74, 6) is 0.0333. The van der Waals surface area contributed by atoms with Crippen LogP contribution in [0.4, 0.5) is 4.79 Å². The third-order valence-electron chi connectivity index (χ3n) is 3.74. The Morgan fingerprint density at radius 1 is 1.18 bits per heavy atom. The molecule has 0 spiro atoms. The highest BCUT2D eigenvalue weighted by Crippen LogP contribution is 2.20. The van der Waals surface area contributed by atoms with Gasteiger partial charge in [0.2, 0.25) is 5.91 Å². The first-order valence-electron chi connectivity index (χ1n) is 7.58. The minimum atomic E-state index is -0.377. The van der Waals surface area contributed by atoms with Gasteiger partial charge < -0.3 is 20.7 Å². The van der Waals surface area contributed by atoms with E-state index in [4.69, 9.17) is 4.74 Å². The van der Waals surface area contributed by atoms with Gasteiger partial charge >= 0.3 is 6.09 Å². The lowest BCUT2D eigenvalue weighted by molar-refractivity contribution is -0.120. The van der Waals surface area contributed by atoms with Crippen molar-refractivity contribution in [1.82, 2.24) is 16.0 Å².